The molecule has 0 aliphatic rings. The molecule has 2 N–H and O–H groups in total. The van der Waals surface area contributed by atoms with Crippen molar-refractivity contribution in [2.75, 3.05) is 7.11 Å². The van der Waals surface area contributed by atoms with Crippen LogP contribution in [0.3, 0.4) is 0 Å². The van der Waals surface area contributed by atoms with Crippen LogP contribution in [0, 0.1) is 5.92 Å². The molecule has 0 spiro atoms. The Hall–Kier alpha value is -2.04. The van der Waals surface area contributed by atoms with Crippen molar-refractivity contribution in [2.24, 2.45) is 5.92 Å². The fraction of sp³-hybridized carbons (Fsp3) is 0.556. The number of hydrogen-bond acceptors (Lipinski definition) is 3. The van der Waals surface area contributed by atoms with Crippen molar-refractivity contribution in [1.82, 2.24) is 5.32 Å². The maximum atomic E-state index is 12.2. The van der Waals surface area contributed by atoms with E-state index in [0.717, 1.165) is 11.3 Å². The van der Waals surface area contributed by atoms with E-state index in [0.29, 0.717) is 19.3 Å². The van der Waals surface area contributed by atoms with Crippen LogP contribution in [-0.2, 0) is 16.0 Å². The van der Waals surface area contributed by atoms with Crippen LogP contribution in [0.1, 0.15) is 45.6 Å². The third-order valence-electron chi connectivity index (χ3n) is 3.93. The van der Waals surface area contributed by atoms with Gasteiger partial charge in [-0.05, 0) is 37.3 Å². The molecule has 1 aromatic rings. The fourth-order valence-corrected chi connectivity index (χ4v) is 2.72. The summed E-state index contributed by atoms with van der Waals surface area (Å²) in [6.45, 7) is 5.43. The third kappa shape index (κ3) is 5.58. The zero-order chi connectivity index (χ0) is 17.5. The average Bonchev–Trinajstić information content (AvgIpc) is 2.47. The number of carboxylic acid groups (broad SMARTS) is 1. The van der Waals surface area contributed by atoms with Crippen LogP contribution in [-0.4, -0.2) is 29.6 Å². The minimum Gasteiger partial charge on any atom is -0.496 e. The van der Waals surface area contributed by atoms with Gasteiger partial charge in [0.1, 0.15) is 11.3 Å². The predicted molar refractivity (Wildman–Crippen MR) is 89.6 cm³/mol. The molecule has 0 aliphatic carbocycles. The molecule has 5 heteroatoms. The van der Waals surface area contributed by atoms with E-state index in [1.807, 2.05) is 38.1 Å². The number of ether oxygens (including phenoxy) is 1. The molecule has 0 saturated carbocycles. The smallest absolute Gasteiger partial charge is 0.329 e. The monoisotopic (exact) mass is 321 g/mol. The molecule has 5 nitrogen and oxygen atoms in total. The second-order valence-electron chi connectivity index (χ2n) is 6.26. The molecular weight excluding hydrogens is 294 g/mol. The fourth-order valence-electron chi connectivity index (χ4n) is 2.72. The van der Waals surface area contributed by atoms with E-state index in [9.17, 15) is 14.7 Å². The Labute approximate surface area is 138 Å². The molecule has 0 radical (unpaired) electrons. The van der Waals surface area contributed by atoms with Gasteiger partial charge in [0, 0.05) is 6.42 Å². The number of aliphatic carboxylic acids is 1. The molecule has 0 bridgehead atoms. The first-order valence-electron chi connectivity index (χ1n) is 7.98. The summed E-state index contributed by atoms with van der Waals surface area (Å²) in [5.41, 5.74) is -0.152. The minimum absolute atomic E-state index is 0.0889. The topological polar surface area (TPSA) is 75.6 Å². The van der Waals surface area contributed by atoms with Crippen molar-refractivity contribution in [3.05, 3.63) is 29.8 Å². The molecule has 0 aliphatic heterocycles. The number of carboxylic acids is 1. The Kier molecular flexibility index (Phi) is 7.07. The highest BCUT2D eigenvalue weighted by atomic mass is 16.5. The van der Waals surface area contributed by atoms with Crippen LogP contribution < -0.4 is 10.1 Å². The molecule has 2 unspecified atom stereocenters. The van der Waals surface area contributed by atoms with Crippen LogP contribution in [0.15, 0.2) is 24.3 Å². The van der Waals surface area contributed by atoms with E-state index in [1.54, 1.807) is 14.0 Å². The summed E-state index contributed by atoms with van der Waals surface area (Å²) in [6, 6.07) is 7.71. The Balaban J connectivity index is 2.64. The number of carbonyl (C=O) groups excluding carboxylic acids is 1. The standard InChI is InChI=1S/C18H27NO4/c1-5-10-18(3,17(21)22)19-16(20)12-13(2)11-14-8-6-7-9-15(14)23-4/h6-9,13H,5,10-12H2,1-4H3,(H,19,20)(H,21,22). The summed E-state index contributed by atoms with van der Waals surface area (Å²) in [7, 11) is 1.62. The molecule has 1 aromatic carbocycles. The van der Waals surface area contributed by atoms with Crippen molar-refractivity contribution in [2.45, 2.75) is 52.0 Å². The Morgan fingerprint density at radius 2 is 2.00 bits per heavy atom. The zero-order valence-corrected chi connectivity index (χ0v) is 14.4. The molecule has 0 saturated heterocycles. The van der Waals surface area contributed by atoms with Gasteiger partial charge in [-0.1, -0.05) is 38.5 Å². The zero-order valence-electron chi connectivity index (χ0n) is 14.4. The summed E-state index contributed by atoms with van der Waals surface area (Å²) in [5, 5.41) is 12.0. The number of amides is 1. The number of carbonyl (C=O) groups is 2. The van der Waals surface area contributed by atoms with Crippen molar-refractivity contribution in [3.8, 4) is 5.75 Å². The van der Waals surface area contributed by atoms with E-state index in [4.69, 9.17) is 4.74 Å². The van der Waals surface area contributed by atoms with Gasteiger partial charge < -0.3 is 15.2 Å². The second-order valence-corrected chi connectivity index (χ2v) is 6.26. The molecular formula is C18H27NO4. The number of benzene rings is 1. The van der Waals surface area contributed by atoms with Crippen molar-refractivity contribution in [1.29, 1.82) is 0 Å². The average molecular weight is 321 g/mol. The lowest BCUT2D eigenvalue weighted by Crippen LogP contribution is -2.52. The summed E-state index contributed by atoms with van der Waals surface area (Å²) < 4.78 is 5.32. The molecule has 2 atom stereocenters. The molecule has 0 heterocycles. The summed E-state index contributed by atoms with van der Waals surface area (Å²) in [6.07, 6.45) is 2.09. The quantitative estimate of drug-likeness (QED) is 0.733. The highest BCUT2D eigenvalue weighted by molar-refractivity contribution is 5.86. The number of rotatable bonds is 9. The second kappa shape index (κ2) is 8.56. The molecule has 23 heavy (non-hydrogen) atoms. The Bertz CT molecular complexity index is 544. The minimum atomic E-state index is -1.20. The van der Waals surface area contributed by atoms with Crippen molar-refractivity contribution in [3.63, 3.8) is 0 Å². The summed E-state index contributed by atoms with van der Waals surface area (Å²) in [5.74, 6) is -0.331. The van der Waals surface area contributed by atoms with Crippen molar-refractivity contribution < 1.29 is 19.4 Å². The lowest BCUT2D eigenvalue weighted by molar-refractivity contribution is -0.147. The first kappa shape index (κ1) is 19.0. The van der Waals surface area contributed by atoms with Crippen LogP contribution in [0.25, 0.3) is 0 Å². The number of hydrogen-bond donors (Lipinski definition) is 2. The highest BCUT2D eigenvalue weighted by Gasteiger charge is 2.33. The molecule has 1 amide bonds. The van der Waals surface area contributed by atoms with Gasteiger partial charge in [0.2, 0.25) is 5.91 Å². The lowest BCUT2D eigenvalue weighted by Gasteiger charge is -2.26. The van der Waals surface area contributed by atoms with E-state index >= 15 is 0 Å². The SMILES string of the molecule is CCCC(C)(NC(=O)CC(C)Cc1ccccc1OC)C(=O)O. The number of nitrogens with one attached hydrogen (secondary N) is 1. The van der Waals surface area contributed by atoms with Crippen LogP contribution >= 0.6 is 0 Å². The normalized spacial score (nSPS) is 14.6. The lowest BCUT2D eigenvalue weighted by atomic mass is 9.93. The van der Waals surface area contributed by atoms with Crippen LogP contribution in [0.2, 0.25) is 0 Å². The van der Waals surface area contributed by atoms with Gasteiger partial charge in [0.25, 0.3) is 0 Å². The first-order chi connectivity index (χ1) is 10.8. The van der Waals surface area contributed by atoms with Gasteiger partial charge in [-0.2, -0.15) is 0 Å². The van der Waals surface area contributed by atoms with Gasteiger partial charge in [0.05, 0.1) is 7.11 Å². The van der Waals surface area contributed by atoms with Crippen LogP contribution in [0.4, 0.5) is 0 Å². The first-order valence-corrected chi connectivity index (χ1v) is 7.98. The van der Waals surface area contributed by atoms with Crippen LogP contribution in [0.5, 0.6) is 5.75 Å². The summed E-state index contributed by atoms with van der Waals surface area (Å²) in [4.78, 5) is 23.6. The Morgan fingerprint density at radius 3 is 2.57 bits per heavy atom. The van der Waals surface area contributed by atoms with Gasteiger partial charge in [-0.15, -0.1) is 0 Å². The van der Waals surface area contributed by atoms with E-state index in [2.05, 4.69) is 5.32 Å². The summed E-state index contributed by atoms with van der Waals surface area (Å²) >= 11 is 0. The van der Waals surface area contributed by atoms with Crippen molar-refractivity contribution >= 4 is 11.9 Å². The van der Waals surface area contributed by atoms with Gasteiger partial charge in [0.15, 0.2) is 0 Å². The molecule has 0 fully saturated rings. The van der Waals surface area contributed by atoms with E-state index in [-0.39, 0.29) is 18.2 Å². The van der Waals surface area contributed by atoms with Gasteiger partial charge in [-0.3, -0.25) is 4.79 Å². The molecule has 0 aromatic heterocycles. The van der Waals surface area contributed by atoms with Gasteiger partial charge in [-0.25, -0.2) is 4.79 Å². The predicted octanol–water partition coefficient (Wildman–Crippen LogP) is 3.02. The maximum Gasteiger partial charge on any atom is 0.329 e. The Morgan fingerprint density at radius 1 is 1.35 bits per heavy atom. The largest absolute Gasteiger partial charge is 0.496 e. The maximum absolute atomic E-state index is 12.2. The molecule has 1 rings (SSSR count). The van der Waals surface area contributed by atoms with E-state index in [1.165, 1.54) is 0 Å². The third-order valence-corrected chi connectivity index (χ3v) is 3.93. The highest BCUT2D eigenvalue weighted by Crippen LogP contribution is 2.22. The number of para-hydroxylation sites is 1. The van der Waals surface area contributed by atoms with Gasteiger partial charge >= 0.3 is 5.97 Å². The number of methoxy groups -OCH3 is 1. The molecule has 128 valence electrons. The van der Waals surface area contributed by atoms with E-state index < -0.39 is 11.5 Å².